The lowest BCUT2D eigenvalue weighted by Gasteiger charge is -2.55. The molecule has 6 rings (SSSR count). The number of para-hydroxylation sites is 1. The Morgan fingerprint density at radius 1 is 0.935 bits per heavy atom. The molecule has 0 spiro atoms. The maximum absolute atomic E-state index is 13.0. The quantitative estimate of drug-likeness (QED) is 0.185. The van der Waals surface area contributed by atoms with Crippen LogP contribution < -0.4 is 4.74 Å². The van der Waals surface area contributed by atoms with Crippen LogP contribution in [0.4, 0.5) is 0 Å². The summed E-state index contributed by atoms with van der Waals surface area (Å²) in [6.07, 6.45) is 5.64. The molecule has 2 aromatic rings. The molecule has 0 heterocycles. The number of rotatable bonds is 4. The van der Waals surface area contributed by atoms with Gasteiger partial charge in [0.25, 0.3) is 0 Å². The summed E-state index contributed by atoms with van der Waals surface area (Å²) in [4.78, 5) is 12.8. The molecule has 0 atom stereocenters. The molecule has 31 heavy (non-hydrogen) atoms. The molecule has 0 unspecified atom stereocenters. The summed E-state index contributed by atoms with van der Waals surface area (Å²) in [7, 11) is -4.64. The highest BCUT2D eigenvalue weighted by Gasteiger charge is 2.49. The molecule has 4 saturated carbocycles. The number of benzene rings is 2. The Morgan fingerprint density at radius 3 is 2.06 bits per heavy atom. The summed E-state index contributed by atoms with van der Waals surface area (Å²) in [6.45, 7) is 0. The zero-order valence-corrected chi connectivity index (χ0v) is 21.7. The van der Waals surface area contributed by atoms with Gasteiger partial charge in [-0.3, -0.25) is 0 Å². The third-order valence-corrected chi connectivity index (χ3v) is 9.82. The van der Waals surface area contributed by atoms with Crippen molar-refractivity contribution in [2.45, 2.75) is 42.9 Å². The molecule has 164 valence electrons. The Hall–Kier alpha value is -0.720. The van der Waals surface area contributed by atoms with Gasteiger partial charge in [0.2, 0.25) is 0 Å². The van der Waals surface area contributed by atoms with E-state index < -0.39 is 16.1 Å². The van der Waals surface area contributed by atoms with Crippen molar-refractivity contribution in [3.05, 3.63) is 54.7 Å². The van der Waals surface area contributed by atoms with Gasteiger partial charge in [0.1, 0.15) is 10.1 Å². The molecule has 0 aromatic heterocycles. The fourth-order valence-electron chi connectivity index (χ4n) is 6.33. The third kappa shape index (κ3) is 4.17. The zero-order valence-electron chi connectivity index (χ0n) is 16.6. The van der Waals surface area contributed by atoms with Crippen LogP contribution in [0.1, 0.15) is 53.9 Å². The number of hydrogen-bond acceptors (Lipinski definition) is 5. The molecule has 2 aromatic carbocycles. The second-order valence-corrected chi connectivity index (χ2v) is 12.8. The van der Waals surface area contributed by atoms with Gasteiger partial charge in [-0.15, -0.1) is 0 Å². The summed E-state index contributed by atoms with van der Waals surface area (Å²) in [5.74, 6) is 2.20. The topological polar surface area (TPSA) is 83.5 Å². The van der Waals surface area contributed by atoms with Crippen molar-refractivity contribution < 1.29 is 22.5 Å². The smallest absolute Gasteiger partial charge is 0.343 e. The summed E-state index contributed by atoms with van der Waals surface area (Å²) < 4.78 is 43.5. The molecule has 4 aliphatic carbocycles. The summed E-state index contributed by atoms with van der Waals surface area (Å²) in [5, 5.41) is 0. The Bertz CT molecular complexity index is 1110. The van der Waals surface area contributed by atoms with E-state index in [0.717, 1.165) is 44.7 Å². The lowest BCUT2D eigenvalue weighted by molar-refractivity contribution is -0.00373. The molecular weight excluding hydrogens is 642 g/mol. The van der Waals surface area contributed by atoms with Crippen LogP contribution in [0.2, 0.25) is 0 Å². The van der Waals surface area contributed by atoms with Gasteiger partial charge in [-0.05, 0) is 143 Å². The van der Waals surface area contributed by atoms with Gasteiger partial charge >= 0.3 is 5.97 Å². The van der Waals surface area contributed by atoms with Gasteiger partial charge in [0.05, 0.1) is 17.6 Å². The minimum atomic E-state index is -4.64. The summed E-state index contributed by atoms with van der Waals surface area (Å²) in [5.41, 5.74) is 0.808. The molecule has 0 radical (unpaired) electrons. The van der Waals surface area contributed by atoms with E-state index in [1.807, 2.05) is 18.2 Å². The maximum Gasteiger partial charge on any atom is 0.343 e. The second kappa shape index (κ2) is 8.25. The monoisotopic (exact) mass is 663 g/mol. The Labute approximate surface area is 209 Å². The van der Waals surface area contributed by atoms with E-state index in [4.69, 9.17) is 4.74 Å². The Morgan fingerprint density at radius 2 is 1.52 bits per heavy atom. The van der Waals surface area contributed by atoms with E-state index in [0.29, 0.717) is 23.1 Å². The van der Waals surface area contributed by atoms with Crippen molar-refractivity contribution >= 4 is 61.3 Å². The minimum Gasteiger partial charge on any atom is -0.744 e. The first-order chi connectivity index (χ1) is 14.7. The Balaban J connectivity index is 1.53. The standard InChI is InChI=1S/C23H22I2O5S/c24-18-2-1-3-19(25)22(18)30-23(26)14-4-5-20(31(27,28)29)17(11-14)21-15-7-12-6-13(9-15)10-16(21)8-12/h1-5,11-13,15-16,21H,6-10H2,(H,27,28,29)/p-1. The van der Waals surface area contributed by atoms with Crippen molar-refractivity contribution in [3.63, 3.8) is 0 Å². The maximum atomic E-state index is 13.0. The van der Waals surface area contributed by atoms with Crippen LogP contribution in [-0.2, 0) is 10.1 Å². The predicted octanol–water partition coefficient (Wildman–Crippen LogP) is 5.56. The van der Waals surface area contributed by atoms with Gasteiger partial charge in [0.15, 0.2) is 5.75 Å². The zero-order chi connectivity index (χ0) is 21.9. The van der Waals surface area contributed by atoms with Crippen LogP contribution >= 0.6 is 45.2 Å². The van der Waals surface area contributed by atoms with Crippen molar-refractivity contribution in [3.8, 4) is 5.75 Å². The van der Waals surface area contributed by atoms with E-state index in [9.17, 15) is 17.8 Å². The molecule has 0 aliphatic heterocycles. The number of carbonyl (C=O) groups excluding carboxylic acids is 1. The van der Waals surface area contributed by atoms with Crippen molar-refractivity contribution in [1.29, 1.82) is 0 Å². The van der Waals surface area contributed by atoms with E-state index in [1.165, 1.54) is 18.6 Å². The van der Waals surface area contributed by atoms with Crippen molar-refractivity contribution in [2.75, 3.05) is 0 Å². The van der Waals surface area contributed by atoms with Crippen molar-refractivity contribution in [2.24, 2.45) is 23.7 Å². The van der Waals surface area contributed by atoms with Gasteiger partial charge in [-0.1, -0.05) is 6.07 Å². The van der Waals surface area contributed by atoms with E-state index in [-0.39, 0.29) is 16.4 Å². The second-order valence-electron chi connectivity index (χ2n) is 9.10. The number of hydrogen-bond donors (Lipinski definition) is 0. The van der Waals surface area contributed by atoms with Crippen LogP contribution in [0.15, 0.2) is 41.3 Å². The van der Waals surface area contributed by atoms with Gasteiger partial charge in [0, 0.05) is 0 Å². The third-order valence-electron chi connectivity index (χ3n) is 7.21. The average Bonchev–Trinajstić information content (AvgIpc) is 2.69. The largest absolute Gasteiger partial charge is 0.744 e. The first kappa shape index (κ1) is 22.1. The van der Waals surface area contributed by atoms with E-state index >= 15 is 0 Å². The number of halogens is 2. The van der Waals surface area contributed by atoms with Crippen LogP contribution in [0, 0.1) is 30.8 Å². The van der Waals surface area contributed by atoms with E-state index in [1.54, 1.807) is 6.07 Å². The summed E-state index contributed by atoms with van der Waals surface area (Å²) >= 11 is 4.24. The molecule has 4 fully saturated rings. The number of carbonyl (C=O) groups is 1. The molecule has 8 heteroatoms. The number of ether oxygens (including phenoxy) is 1. The van der Waals surface area contributed by atoms with Crippen LogP contribution in [0.25, 0.3) is 0 Å². The SMILES string of the molecule is O=C(Oc1c(I)cccc1I)c1ccc(S(=O)(=O)[O-])c(C2C3CC4CC(C3)CC2C4)c1. The molecule has 5 nitrogen and oxygen atoms in total. The lowest BCUT2D eigenvalue weighted by Crippen LogP contribution is -2.44. The highest BCUT2D eigenvalue weighted by Crippen LogP contribution is 2.60. The fourth-order valence-corrected chi connectivity index (χ4v) is 8.78. The summed E-state index contributed by atoms with van der Waals surface area (Å²) in [6, 6.07) is 9.93. The first-order valence-corrected chi connectivity index (χ1v) is 14.0. The van der Waals surface area contributed by atoms with Crippen LogP contribution in [0.5, 0.6) is 5.75 Å². The minimum absolute atomic E-state index is 0.0243. The highest BCUT2D eigenvalue weighted by molar-refractivity contribution is 14.1. The molecule has 0 saturated heterocycles. The molecule has 4 bridgehead atoms. The molecular formula is C23H21I2O5S-. The van der Waals surface area contributed by atoms with Gasteiger partial charge < -0.3 is 9.29 Å². The van der Waals surface area contributed by atoms with Gasteiger partial charge in [-0.25, -0.2) is 13.2 Å². The van der Waals surface area contributed by atoms with Gasteiger partial charge in [-0.2, -0.15) is 0 Å². The molecule has 4 aliphatic rings. The normalized spacial score (nSPS) is 29.2. The first-order valence-electron chi connectivity index (χ1n) is 10.5. The Kier molecular flexibility index (Phi) is 5.88. The fraction of sp³-hybridized carbons (Fsp3) is 0.435. The van der Waals surface area contributed by atoms with Crippen molar-refractivity contribution in [1.82, 2.24) is 0 Å². The van der Waals surface area contributed by atoms with E-state index in [2.05, 4.69) is 45.2 Å². The average molecular weight is 663 g/mol. The lowest BCUT2D eigenvalue weighted by atomic mass is 9.50. The molecule has 0 N–H and O–H groups in total. The number of esters is 1. The predicted molar refractivity (Wildman–Crippen MR) is 131 cm³/mol. The highest BCUT2D eigenvalue weighted by atomic mass is 127. The van der Waals surface area contributed by atoms with Crippen LogP contribution in [0.3, 0.4) is 0 Å². The molecule has 0 amide bonds. The van der Waals surface area contributed by atoms with Crippen LogP contribution in [-0.4, -0.2) is 18.9 Å².